The summed E-state index contributed by atoms with van der Waals surface area (Å²) in [6, 6.07) is 7.79. The van der Waals surface area contributed by atoms with Crippen molar-refractivity contribution in [2.24, 2.45) is 5.84 Å². The molecule has 2 nitrogen and oxygen atoms in total. The van der Waals surface area contributed by atoms with Crippen LogP contribution in [0.5, 0.6) is 0 Å². The highest BCUT2D eigenvalue weighted by Crippen LogP contribution is 2.28. The van der Waals surface area contributed by atoms with Crippen LogP contribution >= 0.6 is 38.9 Å². The first-order valence-electron chi connectivity index (χ1n) is 4.65. The van der Waals surface area contributed by atoms with E-state index in [-0.39, 0.29) is 6.04 Å². The summed E-state index contributed by atoms with van der Waals surface area (Å²) in [5.74, 6) is 5.59. The minimum atomic E-state index is -0.0266. The molecule has 5 heteroatoms. The summed E-state index contributed by atoms with van der Waals surface area (Å²) in [5.41, 5.74) is 4.98. The number of hydrazine groups is 1. The second-order valence-electron chi connectivity index (χ2n) is 3.36. The number of nitrogens with two attached hydrogens (primary N) is 1. The van der Waals surface area contributed by atoms with Gasteiger partial charge >= 0.3 is 0 Å². The lowest BCUT2D eigenvalue weighted by molar-refractivity contribution is 0.638. The van der Waals surface area contributed by atoms with Gasteiger partial charge in [0.1, 0.15) is 0 Å². The molecule has 1 atom stereocenters. The Bertz CT molecular complexity index is 453. The molecule has 0 aliphatic carbocycles. The van der Waals surface area contributed by atoms with Crippen molar-refractivity contribution < 1.29 is 0 Å². The van der Waals surface area contributed by atoms with Gasteiger partial charge in [0.15, 0.2) is 0 Å². The van der Waals surface area contributed by atoms with Gasteiger partial charge in [0, 0.05) is 9.50 Å². The summed E-state index contributed by atoms with van der Waals surface area (Å²) in [7, 11) is 0. The quantitative estimate of drug-likeness (QED) is 0.669. The Morgan fingerprint density at radius 1 is 1.31 bits per heavy atom. The Morgan fingerprint density at radius 3 is 2.69 bits per heavy atom. The highest BCUT2D eigenvalue weighted by atomic mass is 79.9. The Morgan fingerprint density at radius 2 is 2.12 bits per heavy atom. The molecule has 0 fully saturated rings. The van der Waals surface area contributed by atoms with Crippen LogP contribution in [0, 0.1) is 0 Å². The summed E-state index contributed by atoms with van der Waals surface area (Å²) in [4.78, 5) is 0. The fraction of sp³-hybridized carbons (Fsp3) is 0.0909. The van der Waals surface area contributed by atoms with E-state index < -0.39 is 0 Å². The molecule has 1 unspecified atom stereocenters. The molecule has 0 aliphatic heterocycles. The first-order valence-corrected chi connectivity index (χ1v) is 6.76. The monoisotopic (exact) mass is 316 g/mol. The summed E-state index contributed by atoms with van der Waals surface area (Å²) in [6.07, 6.45) is 0. The normalized spacial score (nSPS) is 12.7. The van der Waals surface area contributed by atoms with Crippen molar-refractivity contribution >= 4 is 38.9 Å². The molecule has 0 radical (unpaired) electrons. The second-order valence-corrected chi connectivity index (χ2v) is 5.49. The Balaban J connectivity index is 2.41. The molecule has 0 aliphatic rings. The van der Waals surface area contributed by atoms with E-state index >= 15 is 0 Å². The van der Waals surface area contributed by atoms with Gasteiger partial charge in [-0.15, -0.1) is 0 Å². The zero-order chi connectivity index (χ0) is 11.5. The predicted molar refractivity (Wildman–Crippen MR) is 72.6 cm³/mol. The van der Waals surface area contributed by atoms with Gasteiger partial charge in [0.05, 0.1) is 6.04 Å². The zero-order valence-corrected chi connectivity index (χ0v) is 11.4. The average Bonchev–Trinajstić information content (AvgIpc) is 2.70. The van der Waals surface area contributed by atoms with Gasteiger partial charge in [0.25, 0.3) is 0 Å². The molecule has 0 spiro atoms. The topological polar surface area (TPSA) is 38.0 Å². The largest absolute Gasteiger partial charge is 0.271 e. The lowest BCUT2D eigenvalue weighted by Gasteiger charge is -2.15. The van der Waals surface area contributed by atoms with Gasteiger partial charge in [-0.25, -0.2) is 5.43 Å². The van der Waals surface area contributed by atoms with Gasteiger partial charge < -0.3 is 0 Å². The molecular formula is C11H10BrClN2S. The third kappa shape index (κ3) is 2.64. The first kappa shape index (κ1) is 12.1. The van der Waals surface area contributed by atoms with E-state index in [9.17, 15) is 0 Å². The van der Waals surface area contributed by atoms with Crippen LogP contribution in [-0.4, -0.2) is 0 Å². The van der Waals surface area contributed by atoms with Crippen LogP contribution in [0.25, 0.3) is 0 Å². The Hall–Kier alpha value is -0.390. The molecular weight excluding hydrogens is 308 g/mol. The number of thiophene rings is 1. The molecule has 0 saturated heterocycles. The number of hydrogen-bond acceptors (Lipinski definition) is 3. The lowest BCUT2D eigenvalue weighted by atomic mass is 10.0. The van der Waals surface area contributed by atoms with Crippen LogP contribution in [0.2, 0.25) is 5.02 Å². The molecule has 0 bridgehead atoms. The van der Waals surface area contributed by atoms with Crippen molar-refractivity contribution in [2.45, 2.75) is 6.04 Å². The predicted octanol–water partition coefficient (Wildman–Crippen LogP) is 3.72. The molecule has 1 aromatic heterocycles. The molecule has 3 N–H and O–H groups in total. The van der Waals surface area contributed by atoms with E-state index in [0.29, 0.717) is 5.02 Å². The number of halogens is 2. The van der Waals surface area contributed by atoms with Gasteiger partial charge in [-0.05, 0) is 46.2 Å². The molecule has 84 valence electrons. The molecule has 16 heavy (non-hydrogen) atoms. The van der Waals surface area contributed by atoms with E-state index in [4.69, 9.17) is 17.4 Å². The van der Waals surface area contributed by atoms with E-state index in [0.717, 1.165) is 15.6 Å². The smallest absolute Gasteiger partial charge is 0.0719 e. The van der Waals surface area contributed by atoms with Crippen LogP contribution in [0.3, 0.4) is 0 Å². The van der Waals surface area contributed by atoms with Crippen LogP contribution < -0.4 is 11.3 Å². The molecule has 2 aromatic rings. The highest BCUT2D eigenvalue weighted by Gasteiger charge is 2.13. The van der Waals surface area contributed by atoms with E-state index in [1.165, 1.54) is 0 Å². The number of benzene rings is 1. The van der Waals surface area contributed by atoms with Crippen molar-refractivity contribution in [3.63, 3.8) is 0 Å². The zero-order valence-electron chi connectivity index (χ0n) is 8.28. The molecule has 1 aromatic carbocycles. The maximum absolute atomic E-state index is 6.02. The Labute approximate surface area is 112 Å². The van der Waals surface area contributed by atoms with Gasteiger partial charge in [-0.1, -0.05) is 27.5 Å². The number of nitrogens with one attached hydrogen (secondary N) is 1. The molecule has 0 amide bonds. The maximum atomic E-state index is 6.02. The van der Waals surface area contributed by atoms with Crippen molar-refractivity contribution in [1.82, 2.24) is 5.43 Å². The summed E-state index contributed by atoms with van der Waals surface area (Å²) in [6.45, 7) is 0. The first-order chi connectivity index (χ1) is 7.70. The van der Waals surface area contributed by atoms with Gasteiger partial charge in [0.2, 0.25) is 0 Å². The molecule has 2 rings (SSSR count). The van der Waals surface area contributed by atoms with E-state index in [1.54, 1.807) is 11.3 Å². The fourth-order valence-corrected chi connectivity index (χ4v) is 3.14. The lowest BCUT2D eigenvalue weighted by Crippen LogP contribution is -2.28. The van der Waals surface area contributed by atoms with Crippen LogP contribution in [-0.2, 0) is 0 Å². The minimum absolute atomic E-state index is 0.0266. The third-order valence-corrected chi connectivity index (χ3v) is 3.64. The summed E-state index contributed by atoms with van der Waals surface area (Å²) < 4.78 is 0.950. The van der Waals surface area contributed by atoms with Crippen molar-refractivity contribution in [2.75, 3.05) is 0 Å². The molecule has 1 heterocycles. The molecule has 0 saturated carbocycles. The van der Waals surface area contributed by atoms with E-state index in [1.807, 2.05) is 29.6 Å². The third-order valence-electron chi connectivity index (χ3n) is 2.26. The fourth-order valence-electron chi connectivity index (χ4n) is 1.57. The van der Waals surface area contributed by atoms with Crippen LogP contribution in [0.15, 0.2) is 39.5 Å². The van der Waals surface area contributed by atoms with Crippen molar-refractivity contribution in [3.8, 4) is 0 Å². The SMILES string of the molecule is NNC(c1ccsc1)c1cc(Cl)cc(Br)c1. The number of hydrogen-bond donors (Lipinski definition) is 2. The maximum Gasteiger partial charge on any atom is 0.0719 e. The van der Waals surface area contributed by atoms with Crippen LogP contribution in [0.1, 0.15) is 17.2 Å². The second kappa shape index (κ2) is 5.29. The van der Waals surface area contributed by atoms with Gasteiger partial charge in [-0.3, -0.25) is 5.84 Å². The van der Waals surface area contributed by atoms with Crippen molar-refractivity contribution in [3.05, 3.63) is 55.6 Å². The summed E-state index contributed by atoms with van der Waals surface area (Å²) in [5, 5.41) is 4.79. The highest BCUT2D eigenvalue weighted by molar-refractivity contribution is 9.10. The van der Waals surface area contributed by atoms with Crippen LogP contribution in [0.4, 0.5) is 0 Å². The average molecular weight is 318 g/mol. The Kier molecular flexibility index (Phi) is 4.00. The number of rotatable bonds is 3. The minimum Gasteiger partial charge on any atom is -0.271 e. The van der Waals surface area contributed by atoms with Gasteiger partial charge in [-0.2, -0.15) is 11.3 Å². The standard InChI is InChI=1S/C11H10BrClN2S/c12-9-3-8(4-10(13)5-9)11(15-14)7-1-2-16-6-7/h1-6,11,15H,14H2. The summed E-state index contributed by atoms with van der Waals surface area (Å²) >= 11 is 11.1. The van der Waals surface area contributed by atoms with Crippen molar-refractivity contribution in [1.29, 1.82) is 0 Å². The van der Waals surface area contributed by atoms with E-state index in [2.05, 4.69) is 26.7 Å².